The number of benzene rings is 1. The van der Waals surface area contributed by atoms with Crippen molar-refractivity contribution in [3.63, 3.8) is 0 Å². The van der Waals surface area contributed by atoms with Crippen molar-refractivity contribution < 1.29 is 14.3 Å². The molecule has 0 aliphatic carbocycles. The topological polar surface area (TPSA) is 61.6 Å². The third-order valence-corrected chi connectivity index (χ3v) is 2.44. The molecule has 0 fully saturated rings. The summed E-state index contributed by atoms with van der Waals surface area (Å²) in [5.41, 5.74) is 5.79. The highest BCUT2D eigenvalue weighted by Crippen LogP contribution is 2.37. The summed E-state index contributed by atoms with van der Waals surface area (Å²) in [5, 5.41) is 0.546. The Balaban J connectivity index is 2.21. The number of nitrogens with two attached hydrogens (primary N) is 1. The lowest BCUT2D eigenvalue weighted by molar-refractivity contribution is -0.117. The van der Waals surface area contributed by atoms with E-state index in [1.807, 2.05) is 0 Å². The molecule has 2 N–H and O–H groups in total. The highest BCUT2D eigenvalue weighted by atomic mass is 35.5. The van der Waals surface area contributed by atoms with Crippen molar-refractivity contribution in [1.82, 2.24) is 0 Å². The van der Waals surface area contributed by atoms with E-state index in [0.29, 0.717) is 16.5 Å². The first-order chi connectivity index (χ1) is 7.66. The number of rotatable bonds is 3. The second kappa shape index (κ2) is 4.45. The Bertz CT molecular complexity index is 457. The SMILES string of the molecule is NC(=O)CC=Cc1cc2c(cc1Cl)OCO2. The number of carbonyl (C=O) groups is 1. The quantitative estimate of drug-likeness (QED) is 0.877. The minimum Gasteiger partial charge on any atom is -0.454 e. The number of carbonyl (C=O) groups excluding carboxylic acids is 1. The van der Waals surface area contributed by atoms with E-state index in [-0.39, 0.29) is 19.1 Å². The molecule has 5 heteroatoms. The highest BCUT2D eigenvalue weighted by Gasteiger charge is 2.15. The molecule has 0 saturated carbocycles. The first-order valence-corrected chi connectivity index (χ1v) is 5.08. The molecule has 1 aliphatic heterocycles. The van der Waals surface area contributed by atoms with E-state index in [1.54, 1.807) is 24.3 Å². The maximum absolute atomic E-state index is 10.6. The van der Waals surface area contributed by atoms with Gasteiger partial charge in [0.05, 0.1) is 5.02 Å². The molecule has 0 radical (unpaired) electrons. The Morgan fingerprint density at radius 2 is 2.12 bits per heavy atom. The number of hydrogen-bond donors (Lipinski definition) is 1. The Morgan fingerprint density at radius 1 is 1.44 bits per heavy atom. The van der Waals surface area contributed by atoms with Crippen molar-refractivity contribution in [1.29, 1.82) is 0 Å². The van der Waals surface area contributed by atoms with Gasteiger partial charge in [-0.25, -0.2) is 0 Å². The number of fused-ring (bicyclic) bond motifs is 1. The van der Waals surface area contributed by atoms with Gasteiger partial charge < -0.3 is 15.2 Å². The lowest BCUT2D eigenvalue weighted by atomic mass is 10.1. The molecule has 0 saturated heterocycles. The third kappa shape index (κ3) is 2.28. The standard InChI is InChI=1S/C11H10ClNO3/c12-8-5-10-9(15-6-16-10)4-7(8)2-1-3-11(13)14/h1-2,4-5H,3,6H2,(H2,13,14). The van der Waals surface area contributed by atoms with E-state index < -0.39 is 0 Å². The monoisotopic (exact) mass is 239 g/mol. The summed E-state index contributed by atoms with van der Waals surface area (Å²) < 4.78 is 10.4. The molecule has 0 aromatic heterocycles. The fraction of sp³-hybridized carbons (Fsp3) is 0.182. The number of amides is 1. The molecule has 2 rings (SSSR count). The van der Waals surface area contributed by atoms with Gasteiger partial charge in [0.25, 0.3) is 0 Å². The molecule has 0 spiro atoms. The van der Waals surface area contributed by atoms with Crippen LogP contribution in [0.2, 0.25) is 5.02 Å². The smallest absolute Gasteiger partial charge is 0.231 e. The fourth-order valence-electron chi connectivity index (χ4n) is 1.36. The summed E-state index contributed by atoms with van der Waals surface area (Å²) in [5.74, 6) is 0.910. The minimum absolute atomic E-state index is 0.185. The van der Waals surface area contributed by atoms with E-state index in [2.05, 4.69) is 0 Å². The second-order valence-electron chi connectivity index (χ2n) is 3.30. The fourth-order valence-corrected chi connectivity index (χ4v) is 1.58. The number of primary amides is 1. The lowest BCUT2D eigenvalue weighted by Crippen LogP contribution is -2.07. The van der Waals surface area contributed by atoms with Gasteiger partial charge in [-0.15, -0.1) is 0 Å². The molecule has 1 aliphatic rings. The summed E-state index contributed by atoms with van der Waals surface area (Å²) >= 11 is 6.02. The van der Waals surface area contributed by atoms with Crippen LogP contribution in [0.15, 0.2) is 18.2 Å². The van der Waals surface area contributed by atoms with Crippen LogP contribution in [0, 0.1) is 0 Å². The summed E-state index contributed by atoms with van der Waals surface area (Å²) in [4.78, 5) is 10.6. The van der Waals surface area contributed by atoms with Crippen LogP contribution in [0.5, 0.6) is 11.5 Å². The summed E-state index contributed by atoms with van der Waals surface area (Å²) in [6.07, 6.45) is 3.57. The molecular formula is C11H10ClNO3. The van der Waals surface area contributed by atoms with Gasteiger partial charge in [0, 0.05) is 12.5 Å². The third-order valence-electron chi connectivity index (χ3n) is 2.11. The zero-order valence-electron chi connectivity index (χ0n) is 8.40. The predicted octanol–water partition coefficient (Wildman–Crippen LogP) is 1.96. The number of hydrogen-bond acceptors (Lipinski definition) is 3. The maximum atomic E-state index is 10.6. The van der Waals surface area contributed by atoms with Crippen molar-refractivity contribution >= 4 is 23.6 Å². The van der Waals surface area contributed by atoms with Crippen LogP contribution in [0.1, 0.15) is 12.0 Å². The normalized spacial score (nSPS) is 13.3. The molecule has 0 atom stereocenters. The van der Waals surface area contributed by atoms with E-state index in [4.69, 9.17) is 26.8 Å². The van der Waals surface area contributed by atoms with Gasteiger partial charge in [-0.3, -0.25) is 4.79 Å². The van der Waals surface area contributed by atoms with Gasteiger partial charge in [0.15, 0.2) is 11.5 Å². The molecule has 84 valence electrons. The summed E-state index contributed by atoms with van der Waals surface area (Å²) in [7, 11) is 0. The zero-order chi connectivity index (χ0) is 11.5. The van der Waals surface area contributed by atoms with Crippen LogP contribution >= 0.6 is 11.6 Å². The molecular weight excluding hydrogens is 230 g/mol. The summed E-state index contributed by atoms with van der Waals surface area (Å²) in [6, 6.07) is 3.45. The van der Waals surface area contributed by atoms with Gasteiger partial charge in [-0.05, 0) is 11.6 Å². The first kappa shape index (κ1) is 10.8. The van der Waals surface area contributed by atoms with Gasteiger partial charge in [0.1, 0.15) is 0 Å². The summed E-state index contributed by atoms with van der Waals surface area (Å²) in [6.45, 7) is 0.208. The van der Waals surface area contributed by atoms with E-state index in [0.717, 1.165) is 5.56 Å². The van der Waals surface area contributed by atoms with Crippen molar-refractivity contribution in [2.75, 3.05) is 6.79 Å². The maximum Gasteiger partial charge on any atom is 0.231 e. The Morgan fingerprint density at radius 3 is 2.81 bits per heavy atom. The van der Waals surface area contributed by atoms with Crippen molar-refractivity contribution in [2.24, 2.45) is 5.73 Å². The molecule has 0 bridgehead atoms. The number of halogens is 1. The van der Waals surface area contributed by atoms with Crippen LogP contribution in [0.4, 0.5) is 0 Å². The molecule has 1 aromatic carbocycles. The lowest BCUT2D eigenvalue weighted by Gasteiger charge is -2.01. The molecule has 1 amide bonds. The average molecular weight is 240 g/mol. The second-order valence-corrected chi connectivity index (χ2v) is 3.71. The number of ether oxygens (including phenoxy) is 2. The first-order valence-electron chi connectivity index (χ1n) is 4.71. The van der Waals surface area contributed by atoms with Gasteiger partial charge in [0.2, 0.25) is 12.7 Å². The molecule has 0 unspecified atom stereocenters. The molecule has 4 nitrogen and oxygen atoms in total. The molecule has 16 heavy (non-hydrogen) atoms. The average Bonchev–Trinajstić information content (AvgIpc) is 2.64. The molecule has 1 heterocycles. The van der Waals surface area contributed by atoms with E-state index in [9.17, 15) is 4.79 Å². The highest BCUT2D eigenvalue weighted by molar-refractivity contribution is 6.32. The van der Waals surface area contributed by atoms with Crippen LogP contribution in [0.25, 0.3) is 6.08 Å². The van der Waals surface area contributed by atoms with Gasteiger partial charge >= 0.3 is 0 Å². The minimum atomic E-state index is -0.381. The largest absolute Gasteiger partial charge is 0.454 e. The van der Waals surface area contributed by atoms with Crippen LogP contribution in [-0.2, 0) is 4.79 Å². The van der Waals surface area contributed by atoms with Gasteiger partial charge in [-0.1, -0.05) is 23.8 Å². The predicted molar refractivity (Wildman–Crippen MR) is 60.4 cm³/mol. The van der Waals surface area contributed by atoms with E-state index >= 15 is 0 Å². The van der Waals surface area contributed by atoms with Crippen molar-refractivity contribution in [3.8, 4) is 11.5 Å². The Kier molecular flexibility index (Phi) is 3.01. The van der Waals surface area contributed by atoms with Crippen LogP contribution in [0.3, 0.4) is 0 Å². The van der Waals surface area contributed by atoms with Crippen LogP contribution in [-0.4, -0.2) is 12.7 Å². The Hall–Kier alpha value is -1.68. The zero-order valence-corrected chi connectivity index (χ0v) is 9.16. The van der Waals surface area contributed by atoms with E-state index in [1.165, 1.54) is 0 Å². The van der Waals surface area contributed by atoms with Crippen molar-refractivity contribution in [3.05, 3.63) is 28.8 Å². The van der Waals surface area contributed by atoms with Gasteiger partial charge in [-0.2, -0.15) is 0 Å². The van der Waals surface area contributed by atoms with Crippen molar-refractivity contribution in [2.45, 2.75) is 6.42 Å². The van der Waals surface area contributed by atoms with Crippen LogP contribution < -0.4 is 15.2 Å². The Labute approximate surface area is 97.6 Å². The molecule has 1 aromatic rings.